The van der Waals surface area contributed by atoms with E-state index in [4.69, 9.17) is 0 Å². The first-order valence-electron chi connectivity index (χ1n) is 7.35. The van der Waals surface area contributed by atoms with Gasteiger partial charge in [-0.05, 0) is 19.3 Å². The van der Waals surface area contributed by atoms with Crippen molar-refractivity contribution >= 4 is 11.6 Å². The molecule has 1 fully saturated rings. The lowest BCUT2D eigenvalue weighted by Crippen LogP contribution is -2.42. The summed E-state index contributed by atoms with van der Waals surface area (Å²) in [7, 11) is 0. The molecule has 126 valence electrons. The molecule has 0 heterocycles. The van der Waals surface area contributed by atoms with Crippen LogP contribution in [0.25, 0.3) is 0 Å². The zero-order chi connectivity index (χ0) is 17.0. The third-order valence-corrected chi connectivity index (χ3v) is 4.04. The third kappa shape index (κ3) is 4.67. The first-order chi connectivity index (χ1) is 10.8. The number of hydrogen-bond donors (Lipinski definition) is 1. The molecule has 0 bridgehead atoms. The minimum absolute atomic E-state index is 0.0834. The summed E-state index contributed by atoms with van der Waals surface area (Å²) in [6.45, 7) is 0. The standard InChI is InChI=1S/C15H17F3N2O3/c16-15(17,18)11-5-3-6-12(9-11)19-14(21)8-10-4-1-2-7-13(10)20(22)23/h1-2,4,7,11-12H,3,5-6,8-9H2,(H,19,21)/t11-,12+/m1/s1. The highest BCUT2D eigenvalue weighted by atomic mass is 19.4. The Morgan fingerprint density at radius 1 is 1.30 bits per heavy atom. The van der Waals surface area contributed by atoms with E-state index in [1.165, 1.54) is 18.2 Å². The Balaban J connectivity index is 1.96. The predicted octanol–water partition coefficient (Wildman–Crippen LogP) is 3.37. The summed E-state index contributed by atoms with van der Waals surface area (Å²) < 4.78 is 38.3. The van der Waals surface area contributed by atoms with Crippen LogP contribution in [0, 0.1) is 16.0 Å². The number of benzene rings is 1. The topological polar surface area (TPSA) is 72.2 Å². The number of hydrogen-bond acceptors (Lipinski definition) is 3. The van der Waals surface area contributed by atoms with Crippen LogP contribution in [0.2, 0.25) is 0 Å². The highest BCUT2D eigenvalue weighted by molar-refractivity contribution is 5.80. The van der Waals surface area contributed by atoms with E-state index in [0.29, 0.717) is 12.8 Å². The molecule has 0 spiro atoms. The van der Waals surface area contributed by atoms with Crippen molar-refractivity contribution in [1.82, 2.24) is 5.32 Å². The lowest BCUT2D eigenvalue weighted by Gasteiger charge is -2.31. The van der Waals surface area contributed by atoms with Gasteiger partial charge in [-0.2, -0.15) is 13.2 Å². The molecule has 0 aromatic heterocycles. The molecule has 23 heavy (non-hydrogen) atoms. The zero-order valence-corrected chi connectivity index (χ0v) is 12.3. The van der Waals surface area contributed by atoms with E-state index in [9.17, 15) is 28.1 Å². The molecule has 1 amide bonds. The number of nitrogens with zero attached hydrogens (tertiary/aromatic N) is 1. The van der Waals surface area contributed by atoms with E-state index in [2.05, 4.69) is 5.32 Å². The Morgan fingerprint density at radius 3 is 2.65 bits per heavy atom. The zero-order valence-electron chi connectivity index (χ0n) is 12.3. The van der Waals surface area contributed by atoms with Gasteiger partial charge in [-0.3, -0.25) is 14.9 Å². The fourth-order valence-corrected chi connectivity index (χ4v) is 2.91. The van der Waals surface area contributed by atoms with Crippen molar-refractivity contribution in [3.63, 3.8) is 0 Å². The van der Waals surface area contributed by atoms with Crippen LogP contribution < -0.4 is 5.32 Å². The fourth-order valence-electron chi connectivity index (χ4n) is 2.91. The average molecular weight is 330 g/mol. The average Bonchev–Trinajstić information content (AvgIpc) is 2.46. The van der Waals surface area contributed by atoms with Gasteiger partial charge in [-0.15, -0.1) is 0 Å². The maximum Gasteiger partial charge on any atom is 0.391 e. The van der Waals surface area contributed by atoms with Gasteiger partial charge >= 0.3 is 6.18 Å². The number of rotatable bonds is 4. The van der Waals surface area contributed by atoms with Gasteiger partial charge in [-0.1, -0.05) is 24.6 Å². The normalized spacial score (nSPS) is 21.7. The maximum atomic E-state index is 12.8. The Bertz CT molecular complexity index is 590. The number of carbonyl (C=O) groups excluding carboxylic acids is 1. The Morgan fingerprint density at radius 2 is 2.00 bits per heavy atom. The second kappa shape index (κ2) is 6.97. The van der Waals surface area contributed by atoms with Crippen molar-refractivity contribution in [2.75, 3.05) is 0 Å². The van der Waals surface area contributed by atoms with Gasteiger partial charge in [0.1, 0.15) is 0 Å². The number of nitro groups is 1. The van der Waals surface area contributed by atoms with Crippen molar-refractivity contribution in [1.29, 1.82) is 0 Å². The molecule has 1 N–H and O–H groups in total. The quantitative estimate of drug-likeness (QED) is 0.679. The molecule has 1 aromatic carbocycles. The molecule has 1 saturated carbocycles. The van der Waals surface area contributed by atoms with Crippen LogP contribution in [-0.2, 0) is 11.2 Å². The lowest BCUT2D eigenvalue weighted by molar-refractivity contribution is -0.385. The molecule has 1 aromatic rings. The largest absolute Gasteiger partial charge is 0.391 e. The highest BCUT2D eigenvalue weighted by Gasteiger charge is 2.42. The molecule has 2 atom stereocenters. The van der Waals surface area contributed by atoms with Crippen LogP contribution in [0.5, 0.6) is 0 Å². The van der Waals surface area contributed by atoms with E-state index in [0.717, 1.165) is 0 Å². The van der Waals surface area contributed by atoms with E-state index in [1.54, 1.807) is 6.07 Å². The minimum Gasteiger partial charge on any atom is -0.353 e. The van der Waals surface area contributed by atoms with E-state index in [1.807, 2.05) is 0 Å². The molecule has 1 aliphatic carbocycles. The van der Waals surface area contributed by atoms with Gasteiger partial charge in [0.2, 0.25) is 5.91 Å². The predicted molar refractivity (Wildman–Crippen MR) is 76.7 cm³/mol. The van der Waals surface area contributed by atoms with Crippen molar-refractivity contribution < 1.29 is 22.9 Å². The van der Waals surface area contributed by atoms with Crippen LogP contribution in [0.4, 0.5) is 18.9 Å². The van der Waals surface area contributed by atoms with Crippen molar-refractivity contribution in [2.45, 2.75) is 44.3 Å². The Hall–Kier alpha value is -2.12. The van der Waals surface area contributed by atoms with Crippen LogP contribution in [0.3, 0.4) is 0 Å². The number of nitrogens with one attached hydrogen (secondary N) is 1. The number of alkyl halides is 3. The number of carbonyl (C=O) groups is 1. The molecule has 0 aliphatic heterocycles. The van der Waals surface area contributed by atoms with Crippen LogP contribution in [0.1, 0.15) is 31.2 Å². The van der Waals surface area contributed by atoms with Gasteiger partial charge < -0.3 is 5.32 Å². The molecule has 0 radical (unpaired) electrons. The summed E-state index contributed by atoms with van der Waals surface area (Å²) >= 11 is 0. The lowest BCUT2D eigenvalue weighted by atomic mass is 9.85. The Labute approximate surface area is 131 Å². The van der Waals surface area contributed by atoms with Gasteiger partial charge in [0.05, 0.1) is 17.3 Å². The van der Waals surface area contributed by atoms with E-state index in [-0.39, 0.29) is 30.5 Å². The summed E-state index contributed by atoms with van der Waals surface area (Å²) in [5.41, 5.74) is 0.0812. The molecular weight excluding hydrogens is 313 g/mol. The second-order valence-corrected chi connectivity index (χ2v) is 5.73. The third-order valence-electron chi connectivity index (χ3n) is 4.04. The first-order valence-corrected chi connectivity index (χ1v) is 7.35. The van der Waals surface area contributed by atoms with Crippen molar-refractivity contribution in [3.8, 4) is 0 Å². The number of halogens is 3. The SMILES string of the molecule is O=C(Cc1ccccc1[N+](=O)[O-])N[C@H]1CCC[C@@H](C(F)(F)F)C1. The molecule has 8 heteroatoms. The smallest absolute Gasteiger partial charge is 0.353 e. The minimum atomic E-state index is -4.25. The van der Waals surface area contributed by atoms with Gasteiger partial charge in [0.25, 0.3) is 5.69 Å². The number of nitro benzene ring substituents is 1. The summed E-state index contributed by atoms with van der Waals surface area (Å²) in [5, 5.41) is 13.5. The summed E-state index contributed by atoms with van der Waals surface area (Å²) in [5.74, 6) is -1.89. The van der Waals surface area contributed by atoms with E-state index < -0.39 is 29.0 Å². The summed E-state index contributed by atoms with van der Waals surface area (Å²) in [6.07, 6.45) is -3.62. The number of amides is 1. The van der Waals surface area contributed by atoms with Gasteiger partial charge in [0.15, 0.2) is 0 Å². The van der Waals surface area contributed by atoms with Gasteiger partial charge in [-0.25, -0.2) is 0 Å². The van der Waals surface area contributed by atoms with Crippen molar-refractivity contribution in [3.05, 3.63) is 39.9 Å². The molecule has 2 rings (SSSR count). The monoisotopic (exact) mass is 330 g/mol. The van der Waals surface area contributed by atoms with E-state index >= 15 is 0 Å². The molecule has 1 aliphatic rings. The summed E-state index contributed by atoms with van der Waals surface area (Å²) in [4.78, 5) is 22.3. The fraction of sp³-hybridized carbons (Fsp3) is 0.533. The van der Waals surface area contributed by atoms with Crippen LogP contribution in [-0.4, -0.2) is 23.0 Å². The molecule has 0 saturated heterocycles. The molecule has 0 unspecified atom stereocenters. The second-order valence-electron chi connectivity index (χ2n) is 5.73. The first kappa shape index (κ1) is 17.2. The highest BCUT2D eigenvalue weighted by Crippen LogP contribution is 2.37. The molecule has 5 nitrogen and oxygen atoms in total. The van der Waals surface area contributed by atoms with Gasteiger partial charge in [0, 0.05) is 17.7 Å². The maximum absolute atomic E-state index is 12.8. The van der Waals surface area contributed by atoms with Crippen LogP contribution >= 0.6 is 0 Å². The number of para-hydroxylation sites is 1. The Kier molecular flexibility index (Phi) is 5.23. The molecular formula is C15H17F3N2O3. The van der Waals surface area contributed by atoms with Crippen molar-refractivity contribution in [2.24, 2.45) is 5.92 Å². The van der Waals surface area contributed by atoms with Crippen LogP contribution in [0.15, 0.2) is 24.3 Å². The summed E-state index contributed by atoms with van der Waals surface area (Å²) in [6, 6.07) is 5.30.